The SMILES string of the molecule is NC(CC1CN2CCC1CC2)=Nc1ccc2cccnc2c1. The molecule has 22 heavy (non-hydrogen) atoms. The molecular weight excluding hydrogens is 272 g/mol. The second-order valence-electron chi connectivity index (χ2n) is 6.59. The van der Waals surface area contributed by atoms with Crippen LogP contribution in [-0.2, 0) is 0 Å². The van der Waals surface area contributed by atoms with Gasteiger partial charge in [-0.05, 0) is 56.0 Å². The van der Waals surface area contributed by atoms with Crippen LogP contribution in [-0.4, -0.2) is 35.4 Å². The van der Waals surface area contributed by atoms with E-state index in [1.165, 1.54) is 32.5 Å². The predicted octanol–water partition coefficient (Wildman–Crippen LogP) is 2.96. The summed E-state index contributed by atoms with van der Waals surface area (Å²) in [5, 5.41) is 1.14. The number of nitrogens with two attached hydrogens (primary N) is 1. The van der Waals surface area contributed by atoms with Crippen molar-refractivity contribution in [2.75, 3.05) is 19.6 Å². The van der Waals surface area contributed by atoms with Gasteiger partial charge in [-0.15, -0.1) is 0 Å². The molecule has 2 aromatic rings. The van der Waals surface area contributed by atoms with Crippen LogP contribution in [0.5, 0.6) is 0 Å². The van der Waals surface area contributed by atoms with E-state index in [-0.39, 0.29) is 0 Å². The lowest BCUT2D eigenvalue weighted by Crippen LogP contribution is -2.48. The first-order valence-electron chi connectivity index (χ1n) is 8.18. The van der Waals surface area contributed by atoms with Gasteiger partial charge in [-0.3, -0.25) is 4.98 Å². The van der Waals surface area contributed by atoms with Crippen molar-refractivity contribution in [3.63, 3.8) is 0 Å². The summed E-state index contributed by atoms with van der Waals surface area (Å²) in [6.07, 6.45) is 5.39. The summed E-state index contributed by atoms with van der Waals surface area (Å²) in [4.78, 5) is 11.6. The highest BCUT2D eigenvalue weighted by atomic mass is 15.1. The number of rotatable bonds is 3. The number of piperidine rings is 3. The van der Waals surface area contributed by atoms with E-state index in [4.69, 9.17) is 5.73 Å². The molecule has 3 aliphatic rings. The summed E-state index contributed by atoms with van der Waals surface area (Å²) in [5.74, 6) is 2.29. The van der Waals surface area contributed by atoms with Gasteiger partial charge in [0.2, 0.25) is 0 Å². The van der Waals surface area contributed by atoms with Gasteiger partial charge in [-0.2, -0.15) is 0 Å². The van der Waals surface area contributed by atoms with Crippen molar-refractivity contribution < 1.29 is 0 Å². The molecule has 114 valence electrons. The van der Waals surface area contributed by atoms with Crippen LogP contribution in [0.1, 0.15) is 19.3 Å². The summed E-state index contributed by atoms with van der Waals surface area (Å²) in [6, 6.07) is 10.1. The maximum Gasteiger partial charge on any atom is 0.0999 e. The number of pyridine rings is 1. The Labute approximate surface area is 131 Å². The number of aromatic nitrogens is 1. The van der Waals surface area contributed by atoms with Crippen molar-refractivity contribution in [3.05, 3.63) is 36.5 Å². The van der Waals surface area contributed by atoms with Crippen molar-refractivity contribution in [2.24, 2.45) is 22.6 Å². The van der Waals surface area contributed by atoms with E-state index in [1.54, 1.807) is 0 Å². The molecule has 1 aromatic carbocycles. The molecule has 0 radical (unpaired) electrons. The Bertz CT molecular complexity index is 701. The summed E-state index contributed by atoms with van der Waals surface area (Å²) in [7, 11) is 0. The average molecular weight is 294 g/mol. The summed E-state index contributed by atoms with van der Waals surface area (Å²) >= 11 is 0. The zero-order chi connectivity index (χ0) is 14.9. The van der Waals surface area contributed by atoms with Crippen molar-refractivity contribution in [1.82, 2.24) is 9.88 Å². The molecule has 0 saturated carbocycles. The maximum atomic E-state index is 6.22. The zero-order valence-corrected chi connectivity index (χ0v) is 12.8. The Morgan fingerprint density at radius 3 is 2.91 bits per heavy atom. The van der Waals surface area contributed by atoms with E-state index in [2.05, 4.69) is 27.0 Å². The molecule has 0 aliphatic carbocycles. The molecular formula is C18H22N4. The minimum absolute atomic E-state index is 0.685. The third-order valence-corrected chi connectivity index (χ3v) is 5.13. The lowest BCUT2D eigenvalue weighted by atomic mass is 9.77. The van der Waals surface area contributed by atoms with Crippen molar-refractivity contribution >= 4 is 22.4 Å². The summed E-state index contributed by atoms with van der Waals surface area (Å²) < 4.78 is 0. The molecule has 3 aliphatic heterocycles. The van der Waals surface area contributed by atoms with Crippen LogP contribution in [0, 0.1) is 11.8 Å². The normalized spacial score (nSPS) is 28.2. The monoisotopic (exact) mass is 294 g/mol. The number of nitrogens with zero attached hydrogens (tertiary/aromatic N) is 3. The largest absolute Gasteiger partial charge is 0.387 e. The first-order valence-corrected chi connectivity index (χ1v) is 8.18. The molecule has 5 rings (SSSR count). The lowest BCUT2D eigenvalue weighted by molar-refractivity contribution is 0.0545. The maximum absolute atomic E-state index is 6.22. The van der Waals surface area contributed by atoms with Crippen molar-refractivity contribution in [1.29, 1.82) is 0 Å². The van der Waals surface area contributed by atoms with Gasteiger partial charge >= 0.3 is 0 Å². The molecule has 1 atom stereocenters. The van der Waals surface area contributed by atoms with E-state index in [0.29, 0.717) is 5.92 Å². The third-order valence-electron chi connectivity index (χ3n) is 5.13. The second-order valence-corrected chi connectivity index (χ2v) is 6.59. The summed E-state index contributed by atoms with van der Waals surface area (Å²) in [5.41, 5.74) is 8.10. The van der Waals surface area contributed by atoms with Crippen LogP contribution in [0.2, 0.25) is 0 Å². The Balaban J connectivity index is 1.51. The number of benzene rings is 1. The Morgan fingerprint density at radius 2 is 2.14 bits per heavy atom. The predicted molar refractivity (Wildman–Crippen MR) is 90.3 cm³/mol. The van der Waals surface area contributed by atoms with Gasteiger partial charge in [0, 0.05) is 24.5 Å². The fourth-order valence-electron chi connectivity index (χ4n) is 3.92. The van der Waals surface area contributed by atoms with Gasteiger partial charge in [0.05, 0.1) is 17.0 Å². The molecule has 3 saturated heterocycles. The van der Waals surface area contributed by atoms with Crippen molar-refractivity contribution in [2.45, 2.75) is 19.3 Å². The molecule has 4 nitrogen and oxygen atoms in total. The van der Waals surface area contributed by atoms with Crippen LogP contribution >= 0.6 is 0 Å². The Kier molecular flexibility index (Phi) is 3.54. The number of amidine groups is 1. The lowest BCUT2D eigenvalue weighted by Gasteiger charge is -2.44. The third kappa shape index (κ3) is 2.71. The van der Waals surface area contributed by atoms with Gasteiger partial charge in [-0.25, -0.2) is 4.99 Å². The van der Waals surface area contributed by atoms with Gasteiger partial charge in [0.15, 0.2) is 0 Å². The van der Waals surface area contributed by atoms with Crippen LogP contribution in [0.3, 0.4) is 0 Å². The van der Waals surface area contributed by atoms with Crippen LogP contribution in [0.15, 0.2) is 41.5 Å². The Hall–Kier alpha value is -1.94. The fourth-order valence-corrected chi connectivity index (χ4v) is 3.92. The zero-order valence-electron chi connectivity index (χ0n) is 12.8. The van der Waals surface area contributed by atoms with E-state index < -0.39 is 0 Å². The second kappa shape index (κ2) is 5.69. The van der Waals surface area contributed by atoms with Gasteiger partial charge in [-0.1, -0.05) is 12.1 Å². The highest BCUT2D eigenvalue weighted by molar-refractivity contribution is 5.86. The van der Waals surface area contributed by atoms with Gasteiger partial charge < -0.3 is 10.6 Å². The minimum atomic E-state index is 0.685. The Morgan fingerprint density at radius 1 is 1.27 bits per heavy atom. The number of hydrogen-bond acceptors (Lipinski definition) is 3. The molecule has 1 unspecified atom stereocenters. The molecule has 2 N–H and O–H groups in total. The standard InChI is InChI=1S/C18H22N4/c19-18(10-15-12-22-8-5-13(15)6-9-22)21-16-4-3-14-2-1-7-20-17(14)11-16/h1-4,7,11,13,15H,5-6,8-10,12H2,(H2,19,21). The van der Waals surface area contributed by atoms with Crippen molar-refractivity contribution in [3.8, 4) is 0 Å². The van der Waals surface area contributed by atoms with Crippen LogP contribution < -0.4 is 5.73 Å². The topological polar surface area (TPSA) is 54.5 Å². The first-order chi connectivity index (χ1) is 10.8. The molecule has 0 amide bonds. The molecule has 4 heterocycles. The molecule has 2 bridgehead atoms. The smallest absolute Gasteiger partial charge is 0.0999 e. The van der Waals surface area contributed by atoms with E-state index in [0.717, 1.165) is 34.8 Å². The van der Waals surface area contributed by atoms with Crippen LogP contribution in [0.4, 0.5) is 5.69 Å². The number of aliphatic imine (C=N–C) groups is 1. The number of hydrogen-bond donors (Lipinski definition) is 1. The van der Waals surface area contributed by atoms with E-state index in [1.807, 2.05) is 24.4 Å². The van der Waals surface area contributed by atoms with Gasteiger partial charge in [0.1, 0.15) is 0 Å². The molecule has 1 aromatic heterocycles. The minimum Gasteiger partial charge on any atom is -0.387 e. The molecule has 0 spiro atoms. The van der Waals surface area contributed by atoms with Crippen LogP contribution in [0.25, 0.3) is 10.9 Å². The van der Waals surface area contributed by atoms with E-state index in [9.17, 15) is 0 Å². The molecule has 4 heteroatoms. The van der Waals surface area contributed by atoms with Gasteiger partial charge in [0.25, 0.3) is 0 Å². The quantitative estimate of drug-likeness (QED) is 0.699. The fraction of sp³-hybridized carbons (Fsp3) is 0.444. The van der Waals surface area contributed by atoms with E-state index >= 15 is 0 Å². The summed E-state index contributed by atoms with van der Waals surface area (Å²) in [6.45, 7) is 3.74. The highest BCUT2D eigenvalue weighted by Gasteiger charge is 2.34. The highest BCUT2D eigenvalue weighted by Crippen LogP contribution is 2.34. The first kappa shape index (κ1) is 13.7. The average Bonchev–Trinajstić information content (AvgIpc) is 2.56. The molecule has 3 fully saturated rings. The number of fused-ring (bicyclic) bond motifs is 4.